The number of amides is 2. The van der Waals surface area contributed by atoms with E-state index in [4.69, 9.17) is 22.3 Å². The number of rotatable bonds is 6. The summed E-state index contributed by atoms with van der Waals surface area (Å²) in [6.45, 7) is 0.992. The van der Waals surface area contributed by atoms with Gasteiger partial charge < -0.3 is 15.2 Å². The number of primary amides is 1. The van der Waals surface area contributed by atoms with Crippen LogP contribution < -0.4 is 10.6 Å². The molecule has 154 valence electrons. The molecule has 1 saturated carbocycles. The summed E-state index contributed by atoms with van der Waals surface area (Å²) in [7, 11) is 0. The van der Waals surface area contributed by atoms with Crippen molar-refractivity contribution in [2.75, 3.05) is 4.90 Å². The highest BCUT2D eigenvalue weighted by Gasteiger charge is 2.54. The summed E-state index contributed by atoms with van der Waals surface area (Å²) >= 11 is 6.18. The van der Waals surface area contributed by atoms with E-state index in [0.717, 1.165) is 47.4 Å². The number of fused-ring (bicyclic) bond motifs is 3. The van der Waals surface area contributed by atoms with E-state index in [1.807, 2.05) is 41.3 Å². The molecule has 0 bridgehead atoms. The van der Waals surface area contributed by atoms with Crippen LogP contribution >= 0.6 is 11.6 Å². The van der Waals surface area contributed by atoms with E-state index in [0.29, 0.717) is 31.0 Å². The van der Waals surface area contributed by atoms with Crippen LogP contribution in [0.15, 0.2) is 42.5 Å². The lowest BCUT2D eigenvalue weighted by Crippen LogP contribution is -2.45. The maximum Gasteiger partial charge on any atom is 0.238 e. The molecule has 5 rings (SSSR count). The minimum Gasteiger partial charge on any atom is -0.370 e. The number of carbonyl (C=O) groups is 2. The van der Waals surface area contributed by atoms with Crippen molar-refractivity contribution in [1.29, 1.82) is 0 Å². The molecule has 6 nitrogen and oxygen atoms in total. The lowest BCUT2D eigenvalue weighted by molar-refractivity contribution is -0.126. The quantitative estimate of drug-likeness (QED) is 0.653. The van der Waals surface area contributed by atoms with E-state index in [-0.39, 0.29) is 17.2 Å². The summed E-state index contributed by atoms with van der Waals surface area (Å²) in [5.41, 5.74) is 8.82. The molecule has 2 aromatic carbocycles. The fraction of sp³-hybridized carbons (Fsp3) is 0.348. The van der Waals surface area contributed by atoms with Crippen LogP contribution in [0, 0.1) is 0 Å². The van der Waals surface area contributed by atoms with E-state index >= 15 is 0 Å². The summed E-state index contributed by atoms with van der Waals surface area (Å²) in [6.07, 6.45) is 3.82. The van der Waals surface area contributed by atoms with Gasteiger partial charge >= 0.3 is 0 Å². The van der Waals surface area contributed by atoms with Crippen LogP contribution in [-0.4, -0.2) is 21.4 Å². The molecule has 1 aromatic heterocycles. The zero-order valence-electron chi connectivity index (χ0n) is 16.6. The molecule has 0 unspecified atom stereocenters. The smallest absolute Gasteiger partial charge is 0.238 e. The predicted octanol–water partition coefficient (Wildman–Crippen LogP) is 3.92. The first kappa shape index (κ1) is 19.1. The monoisotopic (exact) mass is 422 g/mol. The van der Waals surface area contributed by atoms with E-state index in [2.05, 4.69) is 10.6 Å². The molecule has 0 saturated heterocycles. The van der Waals surface area contributed by atoms with Crippen molar-refractivity contribution < 1.29 is 9.59 Å². The molecular weight excluding hydrogens is 400 g/mol. The Balaban J connectivity index is 1.53. The number of benzene rings is 2. The number of nitrogens with zero attached hydrogens (tertiary/aromatic N) is 3. The van der Waals surface area contributed by atoms with Crippen LogP contribution in [0.1, 0.15) is 43.5 Å². The molecule has 30 heavy (non-hydrogen) atoms. The van der Waals surface area contributed by atoms with Gasteiger partial charge in [-0.15, -0.1) is 0 Å². The Kier molecular flexibility index (Phi) is 4.54. The minimum absolute atomic E-state index is 0.170. The maximum atomic E-state index is 13.5. The van der Waals surface area contributed by atoms with Gasteiger partial charge in [-0.1, -0.05) is 36.2 Å². The number of aryl methyl sites for hydroxylation is 1. The molecule has 1 spiro atoms. The van der Waals surface area contributed by atoms with Crippen molar-refractivity contribution >= 4 is 40.1 Å². The minimum atomic E-state index is -0.358. The van der Waals surface area contributed by atoms with E-state index in [9.17, 15) is 9.59 Å². The number of aromatic nitrogens is 2. The number of carbonyl (C=O) groups excluding carboxylic acids is 2. The Labute approximate surface area is 179 Å². The second-order valence-electron chi connectivity index (χ2n) is 8.23. The molecule has 1 aliphatic carbocycles. The van der Waals surface area contributed by atoms with E-state index in [1.54, 1.807) is 0 Å². The third kappa shape index (κ3) is 2.89. The van der Waals surface area contributed by atoms with Gasteiger partial charge in [-0.2, -0.15) is 0 Å². The number of imidazole rings is 1. The van der Waals surface area contributed by atoms with Crippen molar-refractivity contribution in [3.63, 3.8) is 0 Å². The average molecular weight is 423 g/mol. The fourth-order valence-electron chi connectivity index (χ4n) is 4.84. The van der Waals surface area contributed by atoms with Crippen LogP contribution in [-0.2, 0) is 28.1 Å². The summed E-state index contributed by atoms with van der Waals surface area (Å²) < 4.78 is 2.08. The molecule has 2 aliphatic rings. The van der Waals surface area contributed by atoms with Gasteiger partial charge in [0.15, 0.2) is 0 Å². The molecule has 0 radical (unpaired) electrons. The van der Waals surface area contributed by atoms with Crippen LogP contribution in [0.4, 0.5) is 5.69 Å². The van der Waals surface area contributed by atoms with Gasteiger partial charge in [0.2, 0.25) is 11.8 Å². The molecular formula is C23H23ClN4O2. The average Bonchev–Trinajstić information content (AvgIpc) is 3.14. The molecule has 1 fully saturated rings. The Morgan fingerprint density at radius 2 is 2.00 bits per heavy atom. The van der Waals surface area contributed by atoms with Gasteiger partial charge in [-0.25, -0.2) is 4.98 Å². The first-order chi connectivity index (χ1) is 14.5. The topological polar surface area (TPSA) is 81.2 Å². The number of para-hydroxylation sites is 1. The number of halogens is 1. The molecule has 7 heteroatoms. The third-order valence-corrected chi connectivity index (χ3v) is 6.70. The standard InChI is InChI=1S/C23H23ClN4O2/c24-15-8-9-19-17(13-15)26-21(27(19)12-3-7-20(25)29)14-28-18-6-2-1-5-16(18)23(22(28)30)10-4-11-23/h1-2,5-6,8-9,13H,3-4,7,10-12,14H2,(H2,25,29). The predicted molar refractivity (Wildman–Crippen MR) is 116 cm³/mol. The summed E-state index contributed by atoms with van der Waals surface area (Å²) in [5.74, 6) is 0.638. The van der Waals surface area contributed by atoms with Crippen LogP contribution in [0.3, 0.4) is 0 Å². The Bertz CT molecular complexity index is 1170. The van der Waals surface area contributed by atoms with Crippen molar-refractivity contribution in [3.8, 4) is 0 Å². The molecule has 2 amide bonds. The number of nitrogens with two attached hydrogens (primary N) is 1. The summed E-state index contributed by atoms with van der Waals surface area (Å²) in [5, 5.41) is 0.617. The van der Waals surface area contributed by atoms with E-state index in [1.165, 1.54) is 0 Å². The summed E-state index contributed by atoms with van der Waals surface area (Å²) in [6, 6.07) is 13.7. The zero-order chi connectivity index (χ0) is 20.9. The van der Waals surface area contributed by atoms with Crippen LogP contribution in [0.25, 0.3) is 11.0 Å². The number of anilines is 1. The molecule has 2 heterocycles. The largest absolute Gasteiger partial charge is 0.370 e. The second-order valence-corrected chi connectivity index (χ2v) is 8.66. The zero-order valence-corrected chi connectivity index (χ0v) is 17.4. The second kappa shape index (κ2) is 7.13. The number of hydrogen-bond acceptors (Lipinski definition) is 3. The van der Waals surface area contributed by atoms with Gasteiger partial charge in [0, 0.05) is 23.7 Å². The molecule has 0 atom stereocenters. The van der Waals surface area contributed by atoms with Crippen molar-refractivity contribution in [3.05, 3.63) is 58.9 Å². The van der Waals surface area contributed by atoms with Crippen molar-refractivity contribution in [2.24, 2.45) is 5.73 Å². The molecule has 2 N–H and O–H groups in total. The molecule has 3 aromatic rings. The Morgan fingerprint density at radius 3 is 2.73 bits per heavy atom. The SMILES string of the molecule is NC(=O)CCCn1c(CN2C(=O)C3(CCC3)c3ccccc32)nc2cc(Cl)ccc21. The molecule has 1 aliphatic heterocycles. The maximum absolute atomic E-state index is 13.5. The Morgan fingerprint density at radius 1 is 1.20 bits per heavy atom. The van der Waals surface area contributed by atoms with Crippen LogP contribution in [0.5, 0.6) is 0 Å². The van der Waals surface area contributed by atoms with Gasteiger partial charge in [0.05, 0.1) is 23.0 Å². The fourth-order valence-corrected chi connectivity index (χ4v) is 5.01. The normalized spacial score (nSPS) is 16.8. The van der Waals surface area contributed by atoms with Gasteiger partial charge in [0.25, 0.3) is 0 Å². The first-order valence-corrected chi connectivity index (χ1v) is 10.7. The lowest BCUT2D eigenvalue weighted by atomic mass is 9.65. The highest BCUT2D eigenvalue weighted by Crippen LogP contribution is 2.53. The van der Waals surface area contributed by atoms with Gasteiger partial charge in [0.1, 0.15) is 5.82 Å². The van der Waals surface area contributed by atoms with Gasteiger partial charge in [-0.05, 0) is 49.1 Å². The Hall–Kier alpha value is -2.86. The third-order valence-electron chi connectivity index (χ3n) is 6.47. The summed E-state index contributed by atoms with van der Waals surface area (Å²) in [4.78, 5) is 31.4. The first-order valence-electron chi connectivity index (χ1n) is 10.3. The lowest BCUT2D eigenvalue weighted by Gasteiger charge is -2.37. The van der Waals surface area contributed by atoms with E-state index < -0.39 is 0 Å². The van der Waals surface area contributed by atoms with Crippen LogP contribution in [0.2, 0.25) is 5.02 Å². The van der Waals surface area contributed by atoms with Crippen molar-refractivity contribution in [1.82, 2.24) is 9.55 Å². The van der Waals surface area contributed by atoms with Gasteiger partial charge in [-0.3, -0.25) is 9.59 Å². The highest BCUT2D eigenvalue weighted by molar-refractivity contribution is 6.31. The highest BCUT2D eigenvalue weighted by atomic mass is 35.5. The van der Waals surface area contributed by atoms with Crippen molar-refractivity contribution in [2.45, 2.75) is 50.6 Å². The number of hydrogen-bond donors (Lipinski definition) is 1.